The molecule has 0 saturated heterocycles. The zero-order valence-electron chi connectivity index (χ0n) is 19.0. The number of aromatic nitrogens is 1. The smallest absolute Gasteiger partial charge is 0.308 e. The molecule has 4 rings (SSSR count). The van der Waals surface area contributed by atoms with E-state index in [1.807, 2.05) is 50.2 Å². The van der Waals surface area contributed by atoms with Crippen LogP contribution in [0.15, 0.2) is 70.4 Å². The van der Waals surface area contributed by atoms with E-state index in [9.17, 15) is 13.2 Å². The zero-order valence-corrected chi connectivity index (χ0v) is 21.4. The van der Waals surface area contributed by atoms with Crippen molar-refractivity contribution in [3.63, 3.8) is 0 Å². The van der Waals surface area contributed by atoms with Gasteiger partial charge in [-0.2, -0.15) is 0 Å². The molecule has 1 N–H and O–H groups in total. The summed E-state index contributed by atoms with van der Waals surface area (Å²) in [7, 11) is -3.80. The van der Waals surface area contributed by atoms with Gasteiger partial charge in [0.05, 0.1) is 27.7 Å². The van der Waals surface area contributed by atoms with Crippen molar-refractivity contribution in [3.8, 4) is 5.75 Å². The molecule has 0 radical (unpaired) electrons. The summed E-state index contributed by atoms with van der Waals surface area (Å²) in [6, 6.07) is 17.4. The first-order valence-electron chi connectivity index (χ1n) is 10.7. The highest BCUT2D eigenvalue weighted by atomic mass is 35.5. The summed E-state index contributed by atoms with van der Waals surface area (Å²) in [5.74, 6) is 0.695. The zero-order chi connectivity index (χ0) is 24.5. The quantitative estimate of drug-likeness (QED) is 0.352. The molecule has 6 nitrogen and oxygen atoms in total. The van der Waals surface area contributed by atoms with Crippen molar-refractivity contribution in [3.05, 3.63) is 92.0 Å². The third kappa shape index (κ3) is 5.36. The number of aryl methyl sites for hydroxylation is 2. The Morgan fingerprint density at radius 2 is 1.82 bits per heavy atom. The van der Waals surface area contributed by atoms with Gasteiger partial charge in [-0.25, -0.2) is 13.1 Å². The minimum absolute atomic E-state index is 0.101. The van der Waals surface area contributed by atoms with Crippen LogP contribution in [0.1, 0.15) is 23.6 Å². The van der Waals surface area contributed by atoms with Gasteiger partial charge in [0.1, 0.15) is 12.4 Å². The van der Waals surface area contributed by atoms with Crippen molar-refractivity contribution in [1.82, 2.24) is 9.29 Å². The van der Waals surface area contributed by atoms with E-state index in [1.54, 1.807) is 23.6 Å². The number of ether oxygens (including phenoxy) is 1. The van der Waals surface area contributed by atoms with Crippen molar-refractivity contribution >= 4 is 43.2 Å². The van der Waals surface area contributed by atoms with Crippen LogP contribution in [0.2, 0.25) is 5.02 Å². The number of thiazole rings is 1. The average Bonchev–Trinajstić information content (AvgIpc) is 3.10. The molecule has 0 aliphatic rings. The van der Waals surface area contributed by atoms with E-state index < -0.39 is 16.1 Å². The summed E-state index contributed by atoms with van der Waals surface area (Å²) in [5.41, 5.74) is 3.76. The van der Waals surface area contributed by atoms with Crippen LogP contribution in [0.25, 0.3) is 10.2 Å². The maximum Gasteiger partial charge on any atom is 0.308 e. The second-order valence-corrected chi connectivity index (χ2v) is 11.4. The van der Waals surface area contributed by atoms with Crippen LogP contribution in [-0.2, 0) is 16.6 Å². The first-order chi connectivity index (χ1) is 16.1. The van der Waals surface area contributed by atoms with E-state index in [-0.39, 0.29) is 16.4 Å². The van der Waals surface area contributed by atoms with Crippen molar-refractivity contribution in [1.29, 1.82) is 0 Å². The fourth-order valence-corrected chi connectivity index (χ4v) is 6.01. The average molecular weight is 517 g/mol. The van der Waals surface area contributed by atoms with Crippen LogP contribution >= 0.6 is 22.9 Å². The standard InChI is InChI=1S/C25H25ClN2O4S2/c1-16-8-9-20(12-17(16)2)32-15-18(3)27-34(30,31)21-10-11-23-24(13-21)33-25(29)28(23)14-19-6-4-5-7-22(19)26/h4-13,18,27H,14-15H2,1-3H3. The van der Waals surface area contributed by atoms with E-state index in [2.05, 4.69) is 4.72 Å². The van der Waals surface area contributed by atoms with Crippen LogP contribution in [-0.4, -0.2) is 25.6 Å². The number of halogens is 1. The minimum Gasteiger partial charge on any atom is -0.492 e. The van der Waals surface area contributed by atoms with E-state index in [1.165, 1.54) is 17.7 Å². The van der Waals surface area contributed by atoms with Crippen molar-refractivity contribution in [2.45, 2.75) is 38.3 Å². The van der Waals surface area contributed by atoms with Gasteiger partial charge in [-0.15, -0.1) is 0 Å². The largest absolute Gasteiger partial charge is 0.492 e. The monoisotopic (exact) mass is 516 g/mol. The topological polar surface area (TPSA) is 77.4 Å². The Bertz CT molecular complexity index is 1510. The molecule has 0 aliphatic carbocycles. The molecule has 0 amide bonds. The fraction of sp³-hybridized carbons (Fsp3) is 0.240. The Morgan fingerprint density at radius 3 is 2.56 bits per heavy atom. The second kappa shape index (κ2) is 9.92. The Morgan fingerprint density at radius 1 is 1.06 bits per heavy atom. The summed E-state index contributed by atoms with van der Waals surface area (Å²) < 4.78 is 36.5. The number of benzene rings is 3. The van der Waals surface area contributed by atoms with E-state index >= 15 is 0 Å². The number of sulfonamides is 1. The van der Waals surface area contributed by atoms with Crippen LogP contribution in [0, 0.1) is 13.8 Å². The van der Waals surface area contributed by atoms with Gasteiger partial charge in [0.25, 0.3) is 0 Å². The molecule has 3 aromatic carbocycles. The summed E-state index contributed by atoms with van der Waals surface area (Å²) >= 11 is 7.26. The Labute approximate surface area is 207 Å². The molecule has 0 saturated carbocycles. The van der Waals surface area contributed by atoms with Gasteiger partial charge in [0.15, 0.2) is 0 Å². The minimum atomic E-state index is -3.80. The molecule has 1 aromatic heterocycles. The lowest BCUT2D eigenvalue weighted by atomic mass is 10.1. The van der Waals surface area contributed by atoms with Gasteiger partial charge in [-0.3, -0.25) is 9.36 Å². The SMILES string of the molecule is Cc1ccc(OCC(C)NS(=O)(=O)c2ccc3c(c2)sc(=O)n3Cc2ccccc2Cl)cc1C. The van der Waals surface area contributed by atoms with Gasteiger partial charge in [-0.1, -0.05) is 47.2 Å². The molecule has 0 bridgehead atoms. The maximum atomic E-state index is 13.0. The highest BCUT2D eigenvalue weighted by Gasteiger charge is 2.20. The predicted octanol–water partition coefficient (Wildman–Crippen LogP) is 5.13. The Hall–Kier alpha value is -2.65. The van der Waals surface area contributed by atoms with Gasteiger partial charge in [0.2, 0.25) is 10.0 Å². The van der Waals surface area contributed by atoms with Crippen LogP contribution in [0.4, 0.5) is 0 Å². The van der Waals surface area contributed by atoms with E-state index in [4.69, 9.17) is 16.3 Å². The highest BCUT2D eigenvalue weighted by Crippen LogP contribution is 2.24. The first kappa shape index (κ1) is 24.5. The lowest BCUT2D eigenvalue weighted by Crippen LogP contribution is -2.36. The molecule has 1 heterocycles. The van der Waals surface area contributed by atoms with Gasteiger partial charge >= 0.3 is 4.87 Å². The normalized spacial score (nSPS) is 12.7. The van der Waals surface area contributed by atoms with E-state index in [0.29, 0.717) is 27.5 Å². The van der Waals surface area contributed by atoms with Gasteiger partial charge in [-0.05, 0) is 73.9 Å². The number of nitrogens with zero attached hydrogens (tertiary/aromatic N) is 1. The van der Waals surface area contributed by atoms with Crippen molar-refractivity contribution in [2.75, 3.05) is 6.61 Å². The first-order valence-corrected chi connectivity index (χ1v) is 13.4. The molecule has 4 aromatic rings. The second-order valence-electron chi connectivity index (χ2n) is 8.25. The molecular formula is C25H25ClN2O4S2. The third-order valence-corrected chi connectivity index (χ3v) is 8.47. The number of fused-ring (bicyclic) bond motifs is 1. The van der Waals surface area contributed by atoms with Crippen molar-refractivity contribution in [2.24, 2.45) is 0 Å². The summed E-state index contributed by atoms with van der Waals surface area (Å²) in [5, 5.41) is 0.578. The van der Waals surface area contributed by atoms with Gasteiger partial charge in [0, 0.05) is 5.02 Å². The van der Waals surface area contributed by atoms with Crippen molar-refractivity contribution < 1.29 is 13.2 Å². The molecule has 34 heavy (non-hydrogen) atoms. The number of rotatable bonds is 8. The number of hydrogen-bond acceptors (Lipinski definition) is 5. The van der Waals surface area contributed by atoms with Crippen LogP contribution in [0.5, 0.6) is 5.75 Å². The van der Waals surface area contributed by atoms with Crippen LogP contribution in [0.3, 0.4) is 0 Å². The summed E-state index contributed by atoms with van der Waals surface area (Å²) in [6.07, 6.45) is 0. The highest BCUT2D eigenvalue weighted by molar-refractivity contribution is 7.89. The summed E-state index contributed by atoms with van der Waals surface area (Å²) in [4.78, 5) is 12.5. The van der Waals surface area contributed by atoms with Gasteiger partial charge < -0.3 is 4.74 Å². The molecule has 178 valence electrons. The molecule has 0 spiro atoms. The summed E-state index contributed by atoms with van der Waals surface area (Å²) in [6.45, 7) is 6.27. The lowest BCUT2D eigenvalue weighted by Gasteiger charge is -2.16. The fourth-order valence-electron chi connectivity index (χ4n) is 3.55. The predicted molar refractivity (Wildman–Crippen MR) is 138 cm³/mol. The third-order valence-electron chi connectivity index (χ3n) is 5.57. The maximum absolute atomic E-state index is 13.0. The molecule has 0 fully saturated rings. The number of hydrogen-bond donors (Lipinski definition) is 1. The molecule has 0 aliphatic heterocycles. The van der Waals surface area contributed by atoms with E-state index in [0.717, 1.165) is 22.5 Å². The molecule has 1 atom stereocenters. The Kier molecular flexibility index (Phi) is 7.14. The molecule has 9 heteroatoms. The molecular weight excluding hydrogens is 492 g/mol. The lowest BCUT2D eigenvalue weighted by molar-refractivity contribution is 0.287. The Balaban J connectivity index is 1.50. The van der Waals surface area contributed by atoms with Crippen LogP contribution < -0.4 is 14.3 Å². The molecule has 1 unspecified atom stereocenters. The number of nitrogens with one attached hydrogen (secondary N) is 1.